The van der Waals surface area contributed by atoms with Crippen LogP contribution in [0.2, 0.25) is 0 Å². The maximum absolute atomic E-state index is 13.2. The number of carbonyl (C=O) groups excluding carboxylic acids is 1. The van der Waals surface area contributed by atoms with Crippen molar-refractivity contribution in [3.8, 4) is 0 Å². The predicted octanol–water partition coefficient (Wildman–Crippen LogP) is 4.55. The first kappa shape index (κ1) is 20.7. The van der Waals surface area contributed by atoms with Gasteiger partial charge in [-0.3, -0.25) is 14.2 Å². The Hall–Kier alpha value is -2.60. The van der Waals surface area contributed by atoms with Crippen molar-refractivity contribution in [3.05, 3.63) is 70.5 Å². The van der Waals surface area contributed by atoms with Gasteiger partial charge in [0.05, 0.1) is 10.9 Å². The molecule has 1 atom stereocenters. The largest absolute Gasteiger partial charge is 0.352 e. The van der Waals surface area contributed by atoms with Gasteiger partial charge in [-0.15, -0.1) is 0 Å². The van der Waals surface area contributed by atoms with Gasteiger partial charge < -0.3 is 5.32 Å². The summed E-state index contributed by atoms with van der Waals surface area (Å²) in [6, 6.07) is 17.4. The lowest BCUT2D eigenvalue weighted by molar-refractivity contribution is -0.120. The van der Waals surface area contributed by atoms with Gasteiger partial charge in [-0.1, -0.05) is 68.1 Å². The highest BCUT2D eigenvalue weighted by molar-refractivity contribution is 8.00. The summed E-state index contributed by atoms with van der Waals surface area (Å²) in [5.74, 6) is 0.441. The number of nitrogens with one attached hydrogen (secondary N) is 1. The topological polar surface area (TPSA) is 64.0 Å². The number of para-hydroxylation sites is 1. The fourth-order valence-corrected chi connectivity index (χ4v) is 4.46. The maximum Gasteiger partial charge on any atom is 0.262 e. The van der Waals surface area contributed by atoms with Crippen molar-refractivity contribution in [2.24, 2.45) is 5.92 Å². The average molecular weight is 422 g/mol. The third-order valence-corrected chi connectivity index (χ3v) is 6.49. The maximum atomic E-state index is 13.2. The van der Waals surface area contributed by atoms with Crippen LogP contribution < -0.4 is 10.9 Å². The lowest BCUT2D eigenvalue weighted by atomic mass is 10.1. The fourth-order valence-electron chi connectivity index (χ4n) is 3.33. The Bertz CT molecular complexity index is 1090. The minimum atomic E-state index is -0.454. The number of hydrogen-bond acceptors (Lipinski definition) is 4. The van der Waals surface area contributed by atoms with Gasteiger partial charge in [0.25, 0.3) is 5.56 Å². The summed E-state index contributed by atoms with van der Waals surface area (Å²) in [6.45, 7) is 4.87. The first-order valence-corrected chi connectivity index (χ1v) is 11.4. The first-order chi connectivity index (χ1) is 14.5. The molecule has 1 N–H and O–H groups in total. The Morgan fingerprint density at radius 3 is 2.53 bits per heavy atom. The van der Waals surface area contributed by atoms with Crippen molar-refractivity contribution >= 4 is 28.6 Å². The van der Waals surface area contributed by atoms with Gasteiger partial charge in [-0.05, 0) is 42.9 Å². The van der Waals surface area contributed by atoms with Crippen LogP contribution in [0.3, 0.4) is 0 Å². The molecule has 1 aliphatic rings. The van der Waals surface area contributed by atoms with Crippen molar-refractivity contribution in [2.45, 2.75) is 56.1 Å². The molecule has 6 heteroatoms. The van der Waals surface area contributed by atoms with Crippen LogP contribution in [0.4, 0.5) is 0 Å². The van der Waals surface area contributed by atoms with E-state index in [1.165, 1.54) is 11.8 Å². The molecule has 0 aliphatic heterocycles. The summed E-state index contributed by atoms with van der Waals surface area (Å²) < 4.78 is 1.74. The van der Waals surface area contributed by atoms with Gasteiger partial charge in [0.15, 0.2) is 5.16 Å². The summed E-state index contributed by atoms with van der Waals surface area (Å²) in [5.41, 5.74) is 1.54. The van der Waals surface area contributed by atoms with Crippen LogP contribution in [0.25, 0.3) is 10.9 Å². The highest BCUT2D eigenvalue weighted by atomic mass is 32.2. The van der Waals surface area contributed by atoms with E-state index in [4.69, 9.17) is 4.98 Å². The summed E-state index contributed by atoms with van der Waals surface area (Å²) in [7, 11) is 0. The summed E-state index contributed by atoms with van der Waals surface area (Å²) in [6.07, 6.45) is 2.94. The third-order valence-electron chi connectivity index (χ3n) is 5.24. The fraction of sp³-hybridized carbons (Fsp3) is 0.375. The van der Waals surface area contributed by atoms with E-state index in [0.29, 0.717) is 28.5 Å². The molecule has 0 bridgehead atoms. The molecule has 1 aliphatic carbocycles. The zero-order chi connectivity index (χ0) is 21.1. The van der Waals surface area contributed by atoms with Crippen LogP contribution in [0.15, 0.2) is 64.5 Å². The van der Waals surface area contributed by atoms with E-state index in [1.54, 1.807) is 4.57 Å². The van der Waals surface area contributed by atoms with E-state index in [9.17, 15) is 9.59 Å². The second-order valence-electron chi connectivity index (χ2n) is 8.24. The number of thioether (sulfide) groups is 1. The Labute approximate surface area is 180 Å². The summed E-state index contributed by atoms with van der Waals surface area (Å²) >= 11 is 1.37. The summed E-state index contributed by atoms with van der Waals surface area (Å²) in [4.78, 5) is 31.1. The third kappa shape index (κ3) is 4.75. The first-order valence-electron chi connectivity index (χ1n) is 10.5. The van der Waals surface area contributed by atoms with Gasteiger partial charge in [0.2, 0.25) is 5.91 Å². The number of hydrogen-bond donors (Lipinski definition) is 1. The van der Waals surface area contributed by atoms with E-state index >= 15 is 0 Å². The zero-order valence-electron chi connectivity index (χ0n) is 17.4. The highest BCUT2D eigenvalue weighted by Crippen LogP contribution is 2.36. The predicted molar refractivity (Wildman–Crippen MR) is 122 cm³/mol. The second kappa shape index (κ2) is 9.04. The van der Waals surface area contributed by atoms with Crippen LogP contribution in [-0.2, 0) is 11.3 Å². The Balaban J connectivity index is 1.75. The normalized spacial score (nSPS) is 14.8. The van der Waals surface area contributed by atoms with Crippen LogP contribution in [0, 0.1) is 5.92 Å². The van der Waals surface area contributed by atoms with Gasteiger partial charge in [-0.2, -0.15) is 0 Å². The van der Waals surface area contributed by atoms with E-state index < -0.39 is 5.25 Å². The molecule has 3 aromatic rings. The van der Waals surface area contributed by atoms with Gasteiger partial charge in [0.1, 0.15) is 5.25 Å². The number of carbonyl (C=O) groups is 1. The monoisotopic (exact) mass is 421 g/mol. The van der Waals surface area contributed by atoms with Crippen LogP contribution in [-0.4, -0.2) is 21.5 Å². The van der Waals surface area contributed by atoms with Crippen molar-refractivity contribution in [2.75, 3.05) is 0 Å². The zero-order valence-corrected chi connectivity index (χ0v) is 18.2. The van der Waals surface area contributed by atoms with E-state index in [0.717, 1.165) is 24.8 Å². The van der Waals surface area contributed by atoms with Gasteiger partial charge in [0, 0.05) is 12.6 Å². The second-order valence-corrected chi connectivity index (χ2v) is 9.31. The number of aromatic nitrogens is 2. The molecule has 1 fully saturated rings. The molecule has 5 nitrogen and oxygen atoms in total. The molecule has 0 spiro atoms. The highest BCUT2D eigenvalue weighted by Gasteiger charge is 2.30. The lowest BCUT2D eigenvalue weighted by Crippen LogP contribution is -2.31. The van der Waals surface area contributed by atoms with Gasteiger partial charge in [-0.25, -0.2) is 4.98 Å². The molecule has 0 radical (unpaired) electrons. The Morgan fingerprint density at radius 1 is 1.13 bits per heavy atom. The molecule has 1 amide bonds. The van der Waals surface area contributed by atoms with Crippen molar-refractivity contribution in [1.82, 2.24) is 14.9 Å². The van der Waals surface area contributed by atoms with Crippen molar-refractivity contribution in [1.29, 1.82) is 0 Å². The molecule has 0 saturated heterocycles. The lowest BCUT2D eigenvalue weighted by Gasteiger charge is -2.20. The Kier molecular flexibility index (Phi) is 6.23. The van der Waals surface area contributed by atoms with Crippen LogP contribution in [0.5, 0.6) is 0 Å². The van der Waals surface area contributed by atoms with Crippen molar-refractivity contribution in [3.63, 3.8) is 0 Å². The molecule has 1 heterocycles. The molecule has 2 aromatic carbocycles. The Morgan fingerprint density at radius 2 is 1.83 bits per heavy atom. The number of benzene rings is 2. The van der Waals surface area contributed by atoms with Gasteiger partial charge >= 0.3 is 0 Å². The van der Waals surface area contributed by atoms with Crippen molar-refractivity contribution < 1.29 is 4.79 Å². The number of nitrogens with zero attached hydrogens (tertiary/aromatic N) is 2. The number of amides is 1. The smallest absolute Gasteiger partial charge is 0.262 e. The molecule has 30 heavy (non-hydrogen) atoms. The van der Waals surface area contributed by atoms with Crippen LogP contribution >= 0.6 is 11.8 Å². The molecule has 1 saturated carbocycles. The minimum Gasteiger partial charge on any atom is -0.352 e. The number of fused-ring (bicyclic) bond motifs is 1. The number of rotatable bonds is 8. The van der Waals surface area contributed by atoms with E-state index in [-0.39, 0.29) is 17.5 Å². The molecule has 4 rings (SSSR count). The standard InChI is InChI=1S/C24H27N3O2S/c1-16(2)14-15-27-23(29)19-10-6-7-11-20(19)26-24(27)30-21(17-8-4-3-5-9-17)22(28)25-18-12-13-18/h3-11,16,18,21H,12-15H2,1-2H3,(H,25,28)/t21-/m0/s1. The summed E-state index contributed by atoms with van der Waals surface area (Å²) in [5, 5.41) is 3.88. The van der Waals surface area contributed by atoms with E-state index in [2.05, 4.69) is 19.2 Å². The molecular formula is C24H27N3O2S. The van der Waals surface area contributed by atoms with E-state index in [1.807, 2.05) is 54.6 Å². The van der Waals surface area contributed by atoms with Crippen LogP contribution in [0.1, 0.15) is 43.9 Å². The average Bonchev–Trinajstić information content (AvgIpc) is 3.56. The SMILES string of the molecule is CC(C)CCn1c(S[C@H](C(=O)NC2CC2)c2ccccc2)nc2ccccc2c1=O. The molecule has 0 unspecified atom stereocenters. The molecule has 156 valence electrons. The molecule has 1 aromatic heterocycles. The molecular weight excluding hydrogens is 394 g/mol. The quantitative estimate of drug-likeness (QED) is 0.428. The minimum absolute atomic E-state index is 0.0217.